The predicted molar refractivity (Wildman–Crippen MR) is 79.5 cm³/mol. The fraction of sp³-hybridized carbons (Fsp3) is 0.667. The molecular weight excluding hydrogens is 332 g/mol. The van der Waals surface area contributed by atoms with E-state index in [0.29, 0.717) is 13.2 Å². The lowest BCUT2D eigenvalue weighted by molar-refractivity contribution is -0.506. The highest BCUT2D eigenvalue weighted by atomic mass is 32.3. The Bertz CT molecular complexity index is 357. The van der Waals surface area contributed by atoms with Gasteiger partial charge in [0.15, 0.2) is 0 Å². The van der Waals surface area contributed by atoms with Gasteiger partial charge in [-0.1, -0.05) is 12.2 Å². The van der Waals surface area contributed by atoms with Crippen LogP contribution < -0.4 is 11.5 Å². The molecule has 4 atom stereocenters. The van der Waals surface area contributed by atoms with Crippen LogP contribution in [-0.4, -0.2) is 65.6 Å². The molecule has 0 aliphatic heterocycles. The Balaban J connectivity index is -0.000000273. The van der Waals surface area contributed by atoms with Crippen LogP contribution in [0.2, 0.25) is 0 Å². The van der Waals surface area contributed by atoms with Gasteiger partial charge >= 0.3 is 0 Å². The molecule has 4 unspecified atom stereocenters. The van der Waals surface area contributed by atoms with E-state index in [1.165, 1.54) is 0 Å². The smallest absolute Gasteiger partial charge is 0.215 e. The van der Waals surface area contributed by atoms with Crippen molar-refractivity contribution in [3.8, 4) is 0 Å². The fourth-order valence-corrected chi connectivity index (χ4v) is 0.662. The molecule has 0 amide bonds. The highest BCUT2D eigenvalue weighted by Crippen LogP contribution is 1.88. The van der Waals surface area contributed by atoms with Gasteiger partial charge in [-0.25, -0.2) is 0 Å². The summed E-state index contributed by atoms with van der Waals surface area (Å²) >= 11 is 0. The van der Waals surface area contributed by atoms with Gasteiger partial charge < -0.3 is 40.3 Å². The topological polar surface area (TPSA) is 194 Å². The third-order valence-electron chi connectivity index (χ3n) is 1.93. The van der Waals surface area contributed by atoms with Gasteiger partial charge in [-0.15, -0.1) is 13.2 Å². The van der Waals surface area contributed by atoms with Crippen molar-refractivity contribution in [3.63, 3.8) is 0 Å². The average Bonchev–Trinajstić information content (AvgIpc) is 2.40. The van der Waals surface area contributed by atoms with Gasteiger partial charge in [-0.05, 0) is 13.8 Å². The van der Waals surface area contributed by atoms with Gasteiger partial charge in [0.1, 0.15) is 12.2 Å². The Morgan fingerprint density at radius 1 is 1.00 bits per heavy atom. The largest absolute Gasteiger partial charge is 0.759 e. The molecule has 0 aromatic rings. The van der Waals surface area contributed by atoms with Crippen molar-refractivity contribution < 1.29 is 48.7 Å². The minimum atomic E-state index is -5.17. The lowest BCUT2D eigenvalue weighted by Crippen LogP contribution is -2.67. The molecule has 0 aromatic carbocycles. The van der Waals surface area contributed by atoms with Crippen molar-refractivity contribution in [2.45, 2.75) is 38.5 Å². The minimum Gasteiger partial charge on any atom is -0.759 e. The summed E-state index contributed by atoms with van der Waals surface area (Å²) in [5.74, 6) is 0. The van der Waals surface area contributed by atoms with E-state index in [1.54, 1.807) is 26.0 Å². The highest BCUT2D eigenvalue weighted by molar-refractivity contribution is 7.79. The maximum atomic E-state index is 8.83. The summed E-state index contributed by atoms with van der Waals surface area (Å²) in [6.07, 6.45) is 1.54. The summed E-state index contributed by atoms with van der Waals surface area (Å²) in [6.45, 7) is 11.1. The van der Waals surface area contributed by atoms with Crippen molar-refractivity contribution in [3.05, 3.63) is 25.3 Å². The summed E-state index contributed by atoms with van der Waals surface area (Å²) in [5, 5.41) is 17.7. The third kappa shape index (κ3) is 33.8. The van der Waals surface area contributed by atoms with Crippen LogP contribution in [0.1, 0.15) is 13.8 Å². The molecule has 0 rings (SSSR count). The first kappa shape index (κ1) is 27.0. The molecule has 8 N–H and O–H groups in total. The second kappa shape index (κ2) is 16.0. The quantitative estimate of drug-likeness (QED) is 0.151. The third-order valence-corrected chi connectivity index (χ3v) is 1.93. The molecule has 0 fully saturated rings. The highest BCUT2D eigenvalue weighted by Gasteiger charge is 2.11. The van der Waals surface area contributed by atoms with Gasteiger partial charge in [0.25, 0.3) is 0 Å². The summed E-state index contributed by atoms with van der Waals surface area (Å²) in [6, 6.07) is 0. The summed E-state index contributed by atoms with van der Waals surface area (Å²) in [7, 11) is -5.17. The van der Waals surface area contributed by atoms with E-state index < -0.39 is 22.6 Å². The van der Waals surface area contributed by atoms with E-state index in [-0.39, 0.29) is 12.5 Å². The van der Waals surface area contributed by atoms with Crippen LogP contribution in [0.15, 0.2) is 25.3 Å². The maximum absolute atomic E-state index is 8.83. The Hall–Kier alpha value is -0.890. The molecule has 0 aromatic heterocycles. The van der Waals surface area contributed by atoms with Crippen molar-refractivity contribution in [2.75, 3.05) is 13.2 Å². The zero-order chi connectivity index (χ0) is 19.1. The van der Waals surface area contributed by atoms with Crippen molar-refractivity contribution >= 4 is 10.4 Å². The second-order valence-corrected chi connectivity index (χ2v) is 5.03. The summed E-state index contributed by atoms with van der Waals surface area (Å²) < 4.78 is 44.0. The van der Waals surface area contributed by atoms with Crippen molar-refractivity contribution in [2.24, 2.45) is 0 Å². The van der Waals surface area contributed by atoms with Gasteiger partial charge in [-0.3, -0.25) is 8.42 Å². The number of hydrogen-bond donors (Lipinski definition) is 4. The van der Waals surface area contributed by atoms with Crippen LogP contribution in [0.5, 0.6) is 0 Å². The first-order valence-corrected chi connectivity index (χ1v) is 7.84. The van der Waals surface area contributed by atoms with Crippen LogP contribution in [0.4, 0.5) is 0 Å². The van der Waals surface area contributed by atoms with Crippen LogP contribution in [0.25, 0.3) is 0 Å². The lowest BCUT2D eigenvalue weighted by atomic mass is 10.4. The Labute approximate surface area is 137 Å². The molecule has 0 saturated carbocycles. The Kier molecular flexibility index (Phi) is 18.8. The van der Waals surface area contributed by atoms with E-state index in [1.807, 2.05) is 0 Å². The maximum Gasteiger partial charge on any atom is 0.215 e. The zero-order valence-corrected chi connectivity index (χ0v) is 14.3. The molecule has 0 bridgehead atoms. The lowest BCUT2D eigenvalue weighted by Gasteiger charge is -2.09. The molecule has 0 aliphatic carbocycles. The van der Waals surface area contributed by atoms with E-state index >= 15 is 0 Å². The fourth-order valence-electron chi connectivity index (χ4n) is 0.662. The Morgan fingerprint density at radius 3 is 1.35 bits per heavy atom. The molecular formula is C12H28N2O8S. The van der Waals surface area contributed by atoms with Crippen LogP contribution >= 0.6 is 0 Å². The zero-order valence-electron chi connectivity index (χ0n) is 13.5. The molecule has 10 nitrogen and oxygen atoms in total. The Morgan fingerprint density at radius 2 is 1.22 bits per heavy atom. The molecule has 23 heavy (non-hydrogen) atoms. The van der Waals surface area contributed by atoms with E-state index in [2.05, 4.69) is 24.6 Å². The van der Waals surface area contributed by atoms with Crippen molar-refractivity contribution in [1.82, 2.24) is 0 Å². The normalized spacial score (nSPS) is 15.7. The van der Waals surface area contributed by atoms with Gasteiger partial charge in [0.2, 0.25) is 12.5 Å². The van der Waals surface area contributed by atoms with E-state index in [0.717, 1.165) is 0 Å². The van der Waals surface area contributed by atoms with Crippen molar-refractivity contribution in [1.29, 1.82) is 0 Å². The number of aliphatic hydroxyl groups excluding tert-OH is 2. The number of aliphatic hydroxyl groups is 2. The van der Waals surface area contributed by atoms with E-state index in [9.17, 15) is 0 Å². The van der Waals surface area contributed by atoms with Gasteiger partial charge in [-0.2, -0.15) is 0 Å². The average molecular weight is 360 g/mol. The number of rotatable bonds is 8. The van der Waals surface area contributed by atoms with E-state index in [4.69, 9.17) is 37.2 Å². The molecule has 0 aliphatic rings. The second-order valence-electron chi connectivity index (χ2n) is 4.21. The molecule has 0 heterocycles. The van der Waals surface area contributed by atoms with Crippen LogP contribution in [0, 0.1) is 0 Å². The summed E-state index contributed by atoms with van der Waals surface area (Å²) in [5.41, 5.74) is 7.11. The number of ether oxygens (including phenoxy) is 2. The molecule has 0 spiro atoms. The van der Waals surface area contributed by atoms with Crippen LogP contribution in [-0.2, 0) is 19.9 Å². The van der Waals surface area contributed by atoms with Crippen LogP contribution in [0.3, 0.4) is 0 Å². The monoisotopic (exact) mass is 360 g/mol. The summed E-state index contributed by atoms with van der Waals surface area (Å²) in [4.78, 5) is 0. The number of quaternary nitrogens is 2. The first-order chi connectivity index (χ1) is 10.4. The minimum absolute atomic E-state index is 0.344. The first-order valence-electron chi connectivity index (χ1n) is 6.50. The standard InChI is InChI=1S/2C6H13NO2.H2O4S/c2*1-3-4-9-6(7)5(2)8;1-5(2,3)4/h2*3,5-6,8H,1,4,7H2,2H3;(H2,1,2,3,4). The molecule has 11 heteroatoms. The van der Waals surface area contributed by atoms with Gasteiger partial charge in [0.05, 0.1) is 13.2 Å². The molecule has 0 saturated heterocycles. The molecule has 0 radical (unpaired) electrons. The van der Waals surface area contributed by atoms with Gasteiger partial charge in [0, 0.05) is 10.4 Å². The SMILES string of the molecule is C=CCOC([NH3+])C(C)O.C=CCOC([NH3+])C(C)O.O=S(=O)([O-])[O-]. The molecule has 140 valence electrons. The number of hydrogen-bond acceptors (Lipinski definition) is 8. The predicted octanol–water partition coefficient (Wildman–Crippen LogP) is -3.06.